The van der Waals surface area contributed by atoms with Gasteiger partial charge in [0.25, 0.3) is 0 Å². The summed E-state index contributed by atoms with van der Waals surface area (Å²) in [4.78, 5) is 13.2. The normalized spacial score (nSPS) is 20.9. The number of piperidine rings is 1. The number of aromatic nitrogens is 3. The SMILES string of the molecule is Cn1ccnc1[C@H](O)C1CCN(Cc2nc3c(s2)CCCC3)CC1. The van der Waals surface area contributed by atoms with E-state index in [0.717, 1.165) is 38.3 Å². The summed E-state index contributed by atoms with van der Waals surface area (Å²) < 4.78 is 1.93. The average Bonchev–Trinajstić information content (AvgIpc) is 3.20. The van der Waals surface area contributed by atoms with Crippen LogP contribution in [0.2, 0.25) is 0 Å². The molecule has 3 heterocycles. The molecule has 4 rings (SSSR count). The number of thiazole rings is 1. The van der Waals surface area contributed by atoms with Crippen LogP contribution >= 0.6 is 11.3 Å². The Morgan fingerprint density at radius 3 is 2.79 bits per heavy atom. The summed E-state index contributed by atoms with van der Waals surface area (Å²) in [5.74, 6) is 1.10. The van der Waals surface area contributed by atoms with Gasteiger partial charge in [-0.2, -0.15) is 0 Å². The van der Waals surface area contributed by atoms with E-state index in [4.69, 9.17) is 4.98 Å². The number of likely N-dealkylation sites (tertiary alicyclic amines) is 1. The predicted molar refractivity (Wildman–Crippen MR) is 94.9 cm³/mol. The lowest BCUT2D eigenvalue weighted by Crippen LogP contribution is -2.35. The minimum Gasteiger partial charge on any atom is -0.385 e. The van der Waals surface area contributed by atoms with Crippen molar-refractivity contribution in [3.05, 3.63) is 33.8 Å². The highest BCUT2D eigenvalue weighted by Crippen LogP contribution is 2.32. The summed E-state index contributed by atoms with van der Waals surface area (Å²) in [5, 5.41) is 11.9. The third-order valence-electron chi connectivity index (χ3n) is 5.45. The molecule has 1 aliphatic heterocycles. The number of aliphatic hydroxyl groups is 1. The Bertz CT molecular complexity index is 664. The van der Waals surface area contributed by atoms with Crippen LogP contribution < -0.4 is 0 Å². The average molecular weight is 347 g/mol. The van der Waals surface area contributed by atoms with E-state index in [1.165, 1.54) is 41.3 Å². The van der Waals surface area contributed by atoms with Crippen LogP contribution in [0.5, 0.6) is 0 Å². The minimum atomic E-state index is -0.445. The fraction of sp³-hybridized carbons (Fsp3) is 0.667. The van der Waals surface area contributed by atoms with Crippen LogP contribution in [0.15, 0.2) is 12.4 Å². The van der Waals surface area contributed by atoms with Gasteiger partial charge in [-0.05, 0) is 57.5 Å². The van der Waals surface area contributed by atoms with Crippen LogP contribution in [0.25, 0.3) is 0 Å². The Kier molecular flexibility index (Phi) is 4.70. The molecule has 2 aromatic rings. The molecular weight excluding hydrogens is 320 g/mol. The van der Waals surface area contributed by atoms with Crippen molar-refractivity contribution < 1.29 is 5.11 Å². The molecule has 130 valence electrons. The third kappa shape index (κ3) is 3.27. The van der Waals surface area contributed by atoms with Crippen molar-refractivity contribution in [3.8, 4) is 0 Å². The zero-order valence-corrected chi connectivity index (χ0v) is 15.1. The molecule has 2 aliphatic rings. The van der Waals surface area contributed by atoms with Crippen LogP contribution in [0.3, 0.4) is 0 Å². The van der Waals surface area contributed by atoms with Crippen LogP contribution in [-0.2, 0) is 26.4 Å². The second-order valence-corrected chi connectivity index (χ2v) is 8.31. The fourth-order valence-electron chi connectivity index (χ4n) is 3.96. The van der Waals surface area contributed by atoms with E-state index in [2.05, 4.69) is 9.88 Å². The monoisotopic (exact) mass is 346 g/mol. The quantitative estimate of drug-likeness (QED) is 0.925. The van der Waals surface area contributed by atoms with Gasteiger partial charge in [0.15, 0.2) is 0 Å². The van der Waals surface area contributed by atoms with Crippen LogP contribution in [0.4, 0.5) is 0 Å². The second kappa shape index (κ2) is 6.94. The van der Waals surface area contributed by atoms with E-state index in [-0.39, 0.29) is 0 Å². The molecule has 0 unspecified atom stereocenters. The largest absolute Gasteiger partial charge is 0.385 e. The van der Waals surface area contributed by atoms with Crippen LogP contribution in [0, 0.1) is 5.92 Å². The minimum absolute atomic E-state index is 0.312. The number of aryl methyl sites for hydroxylation is 3. The molecule has 24 heavy (non-hydrogen) atoms. The summed E-state index contributed by atoms with van der Waals surface area (Å²) in [7, 11) is 1.95. The molecule has 0 radical (unpaired) electrons. The molecule has 0 saturated carbocycles. The van der Waals surface area contributed by atoms with Crippen molar-refractivity contribution in [2.45, 2.75) is 51.2 Å². The lowest BCUT2D eigenvalue weighted by molar-refractivity contribution is 0.0492. The molecule has 1 fully saturated rings. The topological polar surface area (TPSA) is 54.2 Å². The Balaban J connectivity index is 1.33. The Morgan fingerprint density at radius 1 is 1.29 bits per heavy atom. The van der Waals surface area contributed by atoms with Gasteiger partial charge in [0.1, 0.15) is 16.9 Å². The van der Waals surface area contributed by atoms with Crippen molar-refractivity contribution in [1.82, 2.24) is 19.4 Å². The first-order chi connectivity index (χ1) is 11.7. The van der Waals surface area contributed by atoms with E-state index < -0.39 is 6.10 Å². The maximum atomic E-state index is 10.6. The van der Waals surface area contributed by atoms with E-state index in [1.54, 1.807) is 6.20 Å². The van der Waals surface area contributed by atoms with E-state index in [1.807, 2.05) is 29.1 Å². The molecule has 0 spiro atoms. The van der Waals surface area contributed by atoms with E-state index in [9.17, 15) is 5.11 Å². The maximum absolute atomic E-state index is 10.6. The first-order valence-electron chi connectivity index (χ1n) is 9.06. The molecule has 1 saturated heterocycles. The molecule has 0 bridgehead atoms. The smallest absolute Gasteiger partial charge is 0.137 e. The fourth-order valence-corrected chi connectivity index (χ4v) is 5.16. The molecule has 1 aliphatic carbocycles. The first-order valence-corrected chi connectivity index (χ1v) is 9.87. The molecule has 5 nitrogen and oxygen atoms in total. The van der Waals surface area contributed by atoms with Gasteiger partial charge in [0, 0.05) is 24.3 Å². The van der Waals surface area contributed by atoms with Gasteiger partial charge >= 0.3 is 0 Å². The van der Waals surface area contributed by atoms with Crippen LogP contribution in [-0.4, -0.2) is 37.6 Å². The van der Waals surface area contributed by atoms with Crippen molar-refractivity contribution in [3.63, 3.8) is 0 Å². The van der Waals surface area contributed by atoms with Gasteiger partial charge in [0.2, 0.25) is 0 Å². The van der Waals surface area contributed by atoms with Gasteiger partial charge in [-0.25, -0.2) is 9.97 Å². The lowest BCUT2D eigenvalue weighted by Gasteiger charge is -2.33. The number of rotatable bonds is 4. The number of aliphatic hydroxyl groups excluding tert-OH is 1. The summed E-state index contributed by atoms with van der Waals surface area (Å²) in [6.45, 7) is 3.05. The predicted octanol–water partition coefficient (Wildman–Crippen LogP) is 2.70. The highest BCUT2D eigenvalue weighted by atomic mass is 32.1. The Hall–Kier alpha value is -1.24. The summed E-state index contributed by atoms with van der Waals surface area (Å²) in [6, 6.07) is 0. The Labute approximate surface area is 147 Å². The zero-order chi connectivity index (χ0) is 16.5. The van der Waals surface area contributed by atoms with Crippen molar-refractivity contribution in [2.24, 2.45) is 13.0 Å². The maximum Gasteiger partial charge on any atom is 0.137 e. The standard InChI is InChI=1S/C18H26N4OS/c1-21-11-8-19-18(21)17(23)13-6-9-22(10-7-13)12-16-20-14-4-2-3-5-15(14)24-16/h8,11,13,17,23H,2-7,9-10,12H2,1H3/t17-/m1/s1. The number of imidazole rings is 1. The number of hydrogen-bond donors (Lipinski definition) is 1. The van der Waals surface area contributed by atoms with Gasteiger partial charge in [-0.1, -0.05) is 0 Å². The van der Waals surface area contributed by atoms with E-state index >= 15 is 0 Å². The van der Waals surface area contributed by atoms with Gasteiger partial charge < -0.3 is 9.67 Å². The first kappa shape index (κ1) is 16.2. The lowest BCUT2D eigenvalue weighted by atomic mass is 9.91. The van der Waals surface area contributed by atoms with Crippen molar-refractivity contribution in [2.75, 3.05) is 13.1 Å². The zero-order valence-electron chi connectivity index (χ0n) is 14.3. The van der Waals surface area contributed by atoms with Crippen molar-refractivity contribution >= 4 is 11.3 Å². The number of nitrogens with zero attached hydrogens (tertiary/aromatic N) is 4. The van der Waals surface area contributed by atoms with Gasteiger partial charge in [-0.15, -0.1) is 11.3 Å². The van der Waals surface area contributed by atoms with Gasteiger partial charge in [0.05, 0.1) is 12.2 Å². The van der Waals surface area contributed by atoms with Gasteiger partial charge in [-0.3, -0.25) is 4.90 Å². The van der Waals surface area contributed by atoms with Crippen molar-refractivity contribution in [1.29, 1.82) is 0 Å². The molecular formula is C18H26N4OS. The summed E-state index contributed by atoms with van der Waals surface area (Å²) >= 11 is 1.92. The third-order valence-corrected chi connectivity index (χ3v) is 6.59. The molecule has 2 aromatic heterocycles. The van der Waals surface area contributed by atoms with Crippen LogP contribution in [0.1, 0.15) is 53.2 Å². The highest BCUT2D eigenvalue weighted by molar-refractivity contribution is 7.11. The summed E-state index contributed by atoms with van der Waals surface area (Å²) in [6.07, 6.45) is 10.3. The molecule has 0 amide bonds. The number of hydrogen-bond acceptors (Lipinski definition) is 5. The summed E-state index contributed by atoms with van der Waals surface area (Å²) in [5.41, 5.74) is 1.36. The number of fused-ring (bicyclic) bond motifs is 1. The highest BCUT2D eigenvalue weighted by Gasteiger charge is 2.29. The molecule has 1 N–H and O–H groups in total. The molecule has 1 atom stereocenters. The molecule has 0 aromatic carbocycles. The van der Waals surface area contributed by atoms with E-state index in [0.29, 0.717) is 5.92 Å². The Morgan fingerprint density at radius 2 is 2.08 bits per heavy atom. The second-order valence-electron chi connectivity index (χ2n) is 7.14. The molecule has 6 heteroatoms.